The average molecular weight is 274 g/mol. The predicted molar refractivity (Wildman–Crippen MR) is 62.6 cm³/mol. The lowest BCUT2D eigenvalue weighted by molar-refractivity contribution is -0.137. The van der Waals surface area contributed by atoms with Crippen molar-refractivity contribution >= 4 is 11.8 Å². The fraction of sp³-hybridized carbons (Fsp3) is 0.333. The van der Waals surface area contributed by atoms with E-state index in [9.17, 15) is 22.8 Å². The van der Waals surface area contributed by atoms with Crippen molar-refractivity contribution in [2.75, 3.05) is 13.1 Å². The number of halogens is 3. The molecule has 0 saturated carbocycles. The molecule has 0 bridgehead atoms. The molecule has 0 aliphatic rings. The van der Waals surface area contributed by atoms with Gasteiger partial charge in [0.25, 0.3) is 5.91 Å². The molecule has 0 atom stereocenters. The Morgan fingerprint density at radius 3 is 2.21 bits per heavy atom. The van der Waals surface area contributed by atoms with Crippen LogP contribution in [0.1, 0.15) is 15.9 Å². The Kier molecular flexibility index (Phi) is 4.91. The van der Waals surface area contributed by atoms with Crippen LogP contribution in [0.25, 0.3) is 0 Å². The Labute approximate surface area is 108 Å². The van der Waals surface area contributed by atoms with Crippen molar-refractivity contribution < 1.29 is 22.8 Å². The van der Waals surface area contributed by atoms with Crippen molar-refractivity contribution in [3.05, 3.63) is 35.4 Å². The fourth-order valence-corrected chi connectivity index (χ4v) is 1.23. The summed E-state index contributed by atoms with van der Waals surface area (Å²) in [5.74, 6) is -1.40. The summed E-state index contributed by atoms with van der Waals surface area (Å²) in [6.07, 6.45) is -4.46. The van der Waals surface area contributed by atoms with Crippen LogP contribution >= 0.6 is 0 Å². The standard InChI is InChI=1S/C12H13F3N2O2/c1-8-2-4-9(5-3-8)11(19)16-6-10(18)17-7-12(13,14)15/h2-5H,6-7H2,1H3,(H,16,19)(H,17,18). The van der Waals surface area contributed by atoms with Crippen LogP contribution in [0.5, 0.6) is 0 Å². The van der Waals surface area contributed by atoms with Crippen molar-refractivity contribution in [1.29, 1.82) is 0 Å². The van der Waals surface area contributed by atoms with E-state index in [0.29, 0.717) is 5.56 Å². The Morgan fingerprint density at radius 1 is 1.11 bits per heavy atom. The zero-order chi connectivity index (χ0) is 14.5. The van der Waals surface area contributed by atoms with Gasteiger partial charge in [0.1, 0.15) is 6.54 Å². The number of carbonyl (C=O) groups excluding carboxylic acids is 2. The normalized spacial score (nSPS) is 10.9. The SMILES string of the molecule is Cc1ccc(C(=O)NCC(=O)NCC(F)(F)F)cc1. The predicted octanol–water partition coefficient (Wildman–Crippen LogP) is 1.40. The van der Waals surface area contributed by atoms with Crippen LogP contribution in [-0.4, -0.2) is 31.1 Å². The summed E-state index contributed by atoms with van der Waals surface area (Å²) in [6, 6.07) is 6.58. The van der Waals surface area contributed by atoms with Crippen LogP contribution in [-0.2, 0) is 4.79 Å². The fourth-order valence-electron chi connectivity index (χ4n) is 1.23. The third-order valence-corrected chi connectivity index (χ3v) is 2.21. The van der Waals surface area contributed by atoms with Crippen molar-refractivity contribution in [1.82, 2.24) is 10.6 Å². The monoisotopic (exact) mass is 274 g/mol. The molecule has 0 aromatic heterocycles. The number of nitrogens with one attached hydrogen (secondary N) is 2. The zero-order valence-electron chi connectivity index (χ0n) is 10.2. The van der Waals surface area contributed by atoms with E-state index in [1.807, 2.05) is 6.92 Å². The highest BCUT2D eigenvalue weighted by Gasteiger charge is 2.27. The molecule has 0 unspecified atom stereocenters. The topological polar surface area (TPSA) is 58.2 Å². The van der Waals surface area contributed by atoms with Crippen LogP contribution in [0.2, 0.25) is 0 Å². The van der Waals surface area contributed by atoms with Crippen molar-refractivity contribution in [2.45, 2.75) is 13.1 Å². The Hall–Kier alpha value is -2.05. The summed E-state index contributed by atoms with van der Waals surface area (Å²) in [5.41, 5.74) is 1.31. The Morgan fingerprint density at radius 2 is 1.68 bits per heavy atom. The first-order valence-corrected chi connectivity index (χ1v) is 5.46. The van der Waals surface area contributed by atoms with Gasteiger partial charge in [-0.15, -0.1) is 0 Å². The van der Waals surface area contributed by atoms with Gasteiger partial charge in [-0.2, -0.15) is 13.2 Å². The first-order valence-electron chi connectivity index (χ1n) is 5.46. The molecule has 0 aliphatic heterocycles. The lowest BCUT2D eigenvalue weighted by Gasteiger charge is -2.09. The van der Waals surface area contributed by atoms with Gasteiger partial charge in [-0.25, -0.2) is 0 Å². The lowest BCUT2D eigenvalue weighted by Crippen LogP contribution is -2.40. The molecule has 1 rings (SSSR count). The van der Waals surface area contributed by atoms with E-state index in [0.717, 1.165) is 5.56 Å². The number of rotatable bonds is 4. The summed E-state index contributed by atoms with van der Waals surface area (Å²) in [5, 5.41) is 3.90. The van der Waals surface area contributed by atoms with E-state index in [4.69, 9.17) is 0 Å². The van der Waals surface area contributed by atoms with Crippen molar-refractivity contribution in [2.24, 2.45) is 0 Å². The van der Waals surface area contributed by atoms with Gasteiger partial charge < -0.3 is 10.6 Å². The summed E-state index contributed by atoms with van der Waals surface area (Å²) in [7, 11) is 0. The smallest absolute Gasteiger partial charge is 0.345 e. The molecule has 0 saturated heterocycles. The minimum atomic E-state index is -4.46. The molecule has 2 N–H and O–H groups in total. The Bertz CT molecular complexity index is 455. The molecule has 4 nitrogen and oxygen atoms in total. The first kappa shape index (κ1) is 15.0. The molecule has 1 aromatic carbocycles. The highest BCUT2D eigenvalue weighted by Crippen LogP contribution is 2.11. The maximum absolute atomic E-state index is 11.8. The van der Waals surface area contributed by atoms with Gasteiger partial charge in [0.05, 0.1) is 6.54 Å². The van der Waals surface area contributed by atoms with Crippen molar-refractivity contribution in [3.63, 3.8) is 0 Å². The summed E-state index contributed by atoms with van der Waals surface area (Å²) >= 11 is 0. The first-order chi connectivity index (χ1) is 8.78. The van der Waals surface area contributed by atoms with Gasteiger partial charge >= 0.3 is 6.18 Å². The summed E-state index contributed by atoms with van der Waals surface area (Å²) < 4.78 is 35.4. The van der Waals surface area contributed by atoms with Crippen LogP contribution < -0.4 is 10.6 Å². The second-order valence-electron chi connectivity index (χ2n) is 3.94. The number of hydrogen-bond donors (Lipinski definition) is 2. The minimum absolute atomic E-state index is 0.342. The van der Waals surface area contributed by atoms with Gasteiger partial charge in [-0.1, -0.05) is 17.7 Å². The molecule has 2 amide bonds. The third kappa shape index (κ3) is 5.89. The molecule has 7 heteroatoms. The molecule has 0 aliphatic carbocycles. The van der Waals surface area contributed by atoms with Crippen molar-refractivity contribution in [3.8, 4) is 0 Å². The zero-order valence-corrected chi connectivity index (χ0v) is 10.2. The number of alkyl halides is 3. The minimum Gasteiger partial charge on any atom is -0.345 e. The maximum atomic E-state index is 11.8. The van der Waals surface area contributed by atoms with E-state index >= 15 is 0 Å². The summed E-state index contributed by atoms with van der Waals surface area (Å²) in [4.78, 5) is 22.6. The van der Waals surface area contributed by atoms with E-state index in [2.05, 4.69) is 5.32 Å². The number of hydrogen-bond acceptors (Lipinski definition) is 2. The van der Waals surface area contributed by atoms with E-state index in [1.165, 1.54) is 0 Å². The molecule has 19 heavy (non-hydrogen) atoms. The van der Waals surface area contributed by atoms with Gasteiger partial charge in [0.2, 0.25) is 5.91 Å². The van der Waals surface area contributed by atoms with Gasteiger partial charge in [-0.05, 0) is 19.1 Å². The van der Waals surface area contributed by atoms with Gasteiger partial charge in [0, 0.05) is 5.56 Å². The second kappa shape index (κ2) is 6.21. The molecule has 104 valence electrons. The molecule has 0 radical (unpaired) electrons. The highest BCUT2D eigenvalue weighted by atomic mass is 19.4. The second-order valence-corrected chi connectivity index (χ2v) is 3.94. The van der Waals surface area contributed by atoms with Crippen LogP contribution in [0, 0.1) is 6.92 Å². The molecule has 0 spiro atoms. The quantitative estimate of drug-likeness (QED) is 0.872. The number of benzene rings is 1. The number of carbonyl (C=O) groups is 2. The number of amides is 2. The van der Waals surface area contributed by atoms with Crippen LogP contribution in [0.15, 0.2) is 24.3 Å². The molecule has 1 aromatic rings. The molecule has 0 fully saturated rings. The van der Waals surface area contributed by atoms with Gasteiger partial charge in [-0.3, -0.25) is 9.59 Å². The molecule has 0 heterocycles. The van der Waals surface area contributed by atoms with Gasteiger partial charge in [0.15, 0.2) is 0 Å². The largest absolute Gasteiger partial charge is 0.405 e. The third-order valence-electron chi connectivity index (χ3n) is 2.21. The van der Waals surface area contributed by atoms with Crippen LogP contribution in [0.4, 0.5) is 13.2 Å². The average Bonchev–Trinajstić information content (AvgIpc) is 2.33. The number of aryl methyl sites for hydroxylation is 1. The van der Waals surface area contributed by atoms with Crippen LogP contribution in [0.3, 0.4) is 0 Å². The van der Waals surface area contributed by atoms with E-state index in [1.54, 1.807) is 29.6 Å². The van der Waals surface area contributed by atoms with E-state index in [-0.39, 0.29) is 0 Å². The molecular weight excluding hydrogens is 261 g/mol. The molecular formula is C12H13F3N2O2. The lowest BCUT2D eigenvalue weighted by atomic mass is 10.1. The highest BCUT2D eigenvalue weighted by molar-refractivity contribution is 5.96. The summed E-state index contributed by atoms with van der Waals surface area (Å²) in [6.45, 7) is -0.0543. The Balaban J connectivity index is 2.38. The maximum Gasteiger partial charge on any atom is 0.405 e. The van der Waals surface area contributed by atoms with E-state index < -0.39 is 31.1 Å².